The minimum Gasteiger partial charge on any atom is -0.493 e. The molecule has 6 nitrogen and oxygen atoms in total. The van der Waals surface area contributed by atoms with Gasteiger partial charge in [-0.15, -0.1) is 0 Å². The molecule has 2 aromatic rings. The van der Waals surface area contributed by atoms with Gasteiger partial charge in [0.05, 0.1) is 6.61 Å². The van der Waals surface area contributed by atoms with Crippen molar-refractivity contribution in [2.75, 3.05) is 19.8 Å². The van der Waals surface area contributed by atoms with Crippen LogP contribution in [-0.2, 0) is 16.1 Å². The lowest BCUT2D eigenvalue weighted by Crippen LogP contribution is -2.49. The van der Waals surface area contributed by atoms with Gasteiger partial charge in [0.25, 0.3) is 5.91 Å². The van der Waals surface area contributed by atoms with Gasteiger partial charge in [-0.2, -0.15) is 0 Å². The summed E-state index contributed by atoms with van der Waals surface area (Å²) in [5.41, 5.74) is 1.98. The van der Waals surface area contributed by atoms with E-state index in [1.54, 1.807) is 4.90 Å². The van der Waals surface area contributed by atoms with Crippen LogP contribution in [0.3, 0.4) is 0 Å². The molecule has 6 heteroatoms. The third kappa shape index (κ3) is 6.48. The molecule has 0 saturated carbocycles. The molecule has 1 N–H and O–H groups in total. The first-order valence-corrected chi connectivity index (χ1v) is 11.1. The van der Waals surface area contributed by atoms with Gasteiger partial charge in [0.1, 0.15) is 17.5 Å². The summed E-state index contributed by atoms with van der Waals surface area (Å²) in [6.45, 7) is 5.64. The number of carbonyl (C=O) groups excluding carboxylic acids is 2. The van der Waals surface area contributed by atoms with Crippen molar-refractivity contribution in [1.82, 2.24) is 10.2 Å². The van der Waals surface area contributed by atoms with E-state index >= 15 is 0 Å². The Balaban J connectivity index is 1.77. The first-order chi connectivity index (χ1) is 15.1. The molecule has 2 aromatic carbocycles. The Hall–Kier alpha value is -3.02. The minimum atomic E-state index is -0.495. The molecular formula is C25H32N2O4. The van der Waals surface area contributed by atoms with Crippen LogP contribution in [-0.4, -0.2) is 42.5 Å². The summed E-state index contributed by atoms with van der Waals surface area (Å²) in [6, 6.07) is 14.7. The summed E-state index contributed by atoms with van der Waals surface area (Å²) >= 11 is 0. The van der Waals surface area contributed by atoms with Gasteiger partial charge in [-0.1, -0.05) is 37.3 Å². The molecule has 3 rings (SSSR count). The highest BCUT2D eigenvalue weighted by Gasteiger charge is 2.31. The summed E-state index contributed by atoms with van der Waals surface area (Å²) in [7, 11) is 0. The number of benzene rings is 2. The highest BCUT2D eigenvalue weighted by molar-refractivity contribution is 5.88. The first-order valence-electron chi connectivity index (χ1n) is 11.1. The minimum absolute atomic E-state index is 0.0924. The number of ether oxygens (including phenoxy) is 2. The molecule has 0 aromatic heterocycles. The Morgan fingerprint density at radius 2 is 1.94 bits per heavy atom. The average Bonchev–Trinajstić information content (AvgIpc) is 3.00. The van der Waals surface area contributed by atoms with Gasteiger partial charge in [0.15, 0.2) is 6.61 Å². The Morgan fingerprint density at radius 1 is 1.13 bits per heavy atom. The van der Waals surface area contributed by atoms with Crippen molar-refractivity contribution in [2.45, 2.75) is 52.1 Å². The Morgan fingerprint density at radius 3 is 2.68 bits per heavy atom. The van der Waals surface area contributed by atoms with Gasteiger partial charge in [-0.3, -0.25) is 9.59 Å². The predicted octanol–water partition coefficient (Wildman–Crippen LogP) is 3.86. The molecule has 1 fully saturated rings. The van der Waals surface area contributed by atoms with E-state index < -0.39 is 6.04 Å². The van der Waals surface area contributed by atoms with Crippen molar-refractivity contribution >= 4 is 11.8 Å². The summed E-state index contributed by atoms with van der Waals surface area (Å²) in [5, 5.41) is 2.94. The van der Waals surface area contributed by atoms with E-state index in [1.807, 2.05) is 55.5 Å². The number of nitrogens with zero attached hydrogens (tertiary/aromatic N) is 1. The molecule has 1 saturated heterocycles. The zero-order valence-electron chi connectivity index (χ0n) is 18.4. The maximum Gasteiger partial charge on any atom is 0.261 e. The lowest BCUT2D eigenvalue weighted by Gasteiger charge is -2.30. The lowest BCUT2D eigenvalue weighted by atomic mass is 10.1. The van der Waals surface area contributed by atoms with Crippen LogP contribution in [0.2, 0.25) is 0 Å². The van der Waals surface area contributed by atoms with Gasteiger partial charge in [0.2, 0.25) is 5.91 Å². The third-order valence-corrected chi connectivity index (χ3v) is 5.36. The molecule has 0 unspecified atom stereocenters. The number of hydrogen-bond donors (Lipinski definition) is 1. The molecule has 2 amide bonds. The van der Waals surface area contributed by atoms with Crippen molar-refractivity contribution in [2.24, 2.45) is 0 Å². The van der Waals surface area contributed by atoms with E-state index in [1.165, 1.54) is 0 Å². The van der Waals surface area contributed by atoms with Crippen LogP contribution >= 0.6 is 0 Å². The molecule has 0 radical (unpaired) electrons. The zero-order valence-corrected chi connectivity index (χ0v) is 18.4. The van der Waals surface area contributed by atoms with Gasteiger partial charge >= 0.3 is 0 Å². The van der Waals surface area contributed by atoms with Gasteiger partial charge < -0.3 is 19.7 Å². The Bertz CT molecular complexity index is 869. The second-order valence-electron chi connectivity index (χ2n) is 7.87. The molecule has 1 heterocycles. The van der Waals surface area contributed by atoms with Gasteiger partial charge in [-0.25, -0.2) is 0 Å². The smallest absolute Gasteiger partial charge is 0.261 e. The first kappa shape index (κ1) is 22.7. The van der Waals surface area contributed by atoms with E-state index in [2.05, 4.69) is 12.2 Å². The second kappa shape index (κ2) is 11.4. The van der Waals surface area contributed by atoms with Crippen LogP contribution in [0.25, 0.3) is 0 Å². The highest BCUT2D eigenvalue weighted by Crippen LogP contribution is 2.23. The normalized spacial score (nSPS) is 16.2. The predicted molar refractivity (Wildman–Crippen MR) is 120 cm³/mol. The fourth-order valence-electron chi connectivity index (χ4n) is 3.72. The lowest BCUT2D eigenvalue weighted by molar-refractivity contribution is -0.142. The molecule has 0 spiro atoms. The maximum absolute atomic E-state index is 13.2. The standard InChI is InChI=1S/C25H32N2O4/c1-3-15-30-23-13-12-20(16-19(23)2)17-27(22-11-7-8-14-26-25(22)29)24(28)18-31-21-9-5-4-6-10-21/h4-6,9-10,12-13,16,22H,3,7-8,11,14-15,17-18H2,1-2H3,(H,26,29)/t22-/m0/s1. The van der Waals surface area contributed by atoms with Crippen LogP contribution in [0.15, 0.2) is 48.5 Å². The van der Waals surface area contributed by atoms with Crippen LogP contribution in [0.1, 0.15) is 43.7 Å². The molecule has 1 aliphatic heterocycles. The summed E-state index contributed by atoms with van der Waals surface area (Å²) in [6.07, 6.45) is 3.42. The molecular weight excluding hydrogens is 392 g/mol. The molecule has 0 aliphatic carbocycles. The molecule has 31 heavy (non-hydrogen) atoms. The van der Waals surface area contributed by atoms with Crippen molar-refractivity contribution in [3.8, 4) is 11.5 Å². The quantitative estimate of drug-likeness (QED) is 0.664. The summed E-state index contributed by atoms with van der Waals surface area (Å²) in [4.78, 5) is 27.5. The second-order valence-corrected chi connectivity index (χ2v) is 7.87. The van der Waals surface area contributed by atoms with Crippen LogP contribution in [0.4, 0.5) is 0 Å². The van der Waals surface area contributed by atoms with Crippen LogP contribution in [0, 0.1) is 6.92 Å². The number of hydrogen-bond acceptors (Lipinski definition) is 4. The third-order valence-electron chi connectivity index (χ3n) is 5.36. The Kier molecular flexibility index (Phi) is 8.33. The molecule has 1 aliphatic rings. The largest absolute Gasteiger partial charge is 0.493 e. The summed E-state index contributed by atoms with van der Waals surface area (Å²) in [5.74, 6) is 1.19. The van der Waals surface area contributed by atoms with Gasteiger partial charge in [-0.05, 0) is 61.9 Å². The van der Waals surface area contributed by atoms with E-state index in [-0.39, 0.29) is 18.4 Å². The number of rotatable bonds is 9. The van der Waals surface area contributed by atoms with Crippen molar-refractivity contribution in [1.29, 1.82) is 0 Å². The van der Waals surface area contributed by atoms with Crippen LogP contribution < -0.4 is 14.8 Å². The fraction of sp³-hybridized carbons (Fsp3) is 0.440. The van der Waals surface area contributed by atoms with Crippen molar-refractivity contribution < 1.29 is 19.1 Å². The number of para-hydroxylation sites is 1. The number of amides is 2. The van der Waals surface area contributed by atoms with E-state index in [4.69, 9.17) is 9.47 Å². The number of nitrogens with one attached hydrogen (secondary N) is 1. The highest BCUT2D eigenvalue weighted by atomic mass is 16.5. The number of aryl methyl sites for hydroxylation is 1. The molecule has 0 bridgehead atoms. The van der Waals surface area contributed by atoms with Crippen molar-refractivity contribution in [3.63, 3.8) is 0 Å². The van der Waals surface area contributed by atoms with E-state index in [0.717, 1.165) is 36.1 Å². The SMILES string of the molecule is CCCOc1ccc(CN(C(=O)COc2ccccc2)[C@H]2CCCCNC2=O)cc1C. The maximum atomic E-state index is 13.2. The van der Waals surface area contributed by atoms with E-state index in [9.17, 15) is 9.59 Å². The van der Waals surface area contributed by atoms with Crippen molar-refractivity contribution in [3.05, 3.63) is 59.7 Å². The average molecular weight is 425 g/mol. The summed E-state index contributed by atoms with van der Waals surface area (Å²) < 4.78 is 11.5. The van der Waals surface area contributed by atoms with Crippen LogP contribution in [0.5, 0.6) is 11.5 Å². The van der Waals surface area contributed by atoms with E-state index in [0.29, 0.717) is 31.9 Å². The number of carbonyl (C=O) groups is 2. The molecule has 1 atom stereocenters. The molecule has 166 valence electrons. The zero-order chi connectivity index (χ0) is 22.1. The monoisotopic (exact) mass is 424 g/mol. The Labute approximate surface area is 184 Å². The fourth-order valence-corrected chi connectivity index (χ4v) is 3.72. The van der Waals surface area contributed by atoms with Gasteiger partial charge in [0, 0.05) is 13.1 Å². The topological polar surface area (TPSA) is 67.9 Å².